The van der Waals surface area contributed by atoms with Crippen molar-refractivity contribution in [2.75, 3.05) is 102 Å². The van der Waals surface area contributed by atoms with Gasteiger partial charge in [-0.05, 0) is 120 Å². The molecule has 31 heteroatoms. The predicted octanol–water partition coefficient (Wildman–Crippen LogP) is 6.68. The monoisotopic (exact) mass is 1470 g/mol. The molecule has 6 rings (SSSR count). The van der Waals surface area contributed by atoms with Crippen LogP contribution in [0.25, 0.3) is 22.3 Å². The molecule has 0 bridgehead atoms. The number of allylic oxidation sites excluding steroid dienone is 2. The number of hydrogen-bond donors (Lipinski definition) is 11. The van der Waals surface area contributed by atoms with Crippen molar-refractivity contribution in [1.82, 2.24) is 71.8 Å². The molecule has 2 aromatic carbocycles. The number of benzene rings is 2. The van der Waals surface area contributed by atoms with Crippen molar-refractivity contribution in [1.29, 1.82) is 0 Å². The number of aromatic nitrogens is 8. The highest BCUT2D eigenvalue weighted by atomic mass is 16.5. The van der Waals surface area contributed by atoms with Gasteiger partial charge in [-0.15, -0.1) is 0 Å². The molecule has 0 aliphatic heterocycles. The number of ether oxygens (including phenoxy) is 4. The third kappa shape index (κ3) is 35.2. The number of aryl methyl sites for hydroxylation is 2. The zero-order valence-corrected chi connectivity index (χ0v) is 61.1. The van der Waals surface area contributed by atoms with Gasteiger partial charge in [-0.1, -0.05) is 69.0 Å². The number of ketones is 3. The van der Waals surface area contributed by atoms with Gasteiger partial charge >= 0.3 is 6.03 Å². The van der Waals surface area contributed by atoms with Crippen LogP contribution >= 0.6 is 0 Å². The van der Waals surface area contributed by atoms with E-state index in [2.05, 4.69) is 96.2 Å². The first-order chi connectivity index (χ1) is 51.5. The average molecular weight is 1470 g/mol. The summed E-state index contributed by atoms with van der Waals surface area (Å²) in [5.74, 6) is -1.38. The van der Waals surface area contributed by atoms with Crippen LogP contribution in [0, 0.1) is 0 Å². The third-order valence-corrected chi connectivity index (χ3v) is 16.8. The molecule has 6 amide bonds. The minimum Gasteiger partial charge on any atom is -0.379 e. The van der Waals surface area contributed by atoms with E-state index in [0.29, 0.717) is 106 Å². The van der Waals surface area contributed by atoms with Gasteiger partial charge in [0.05, 0.1) is 76.0 Å². The topological polar surface area (TPSA) is 453 Å². The Morgan fingerprint density at radius 3 is 1.63 bits per heavy atom. The van der Waals surface area contributed by atoms with Crippen molar-refractivity contribution in [3.63, 3.8) is 0 Å². The Hall–Kier alpha value is -9.98. The van der Waals surface area contributed by atoms with Crippen molar-refractivity contribution >= 4 is 86.9 Å². The van der Waals surface area contributed by atoms with E-state index >= 15 is 0 Å². The number of fused-ring (bicyclic) bond motifs is 2. The van der Waals surface area contributed by atoms with Gasteiger partial charge in [0.15, 0.2) is 33.9 Å². The van der Waals surface area contributed by atoms with Crippen molar-refractivity contribution in [2.24, 2.45) is 0 Å². The number of rotatable bonds is 57. The van der Waals surface area contributed by atoms with Crippen LogP contribution in [-0.4, -0.2) is 179 Å². The number of nitrogens with two attached hydrogens (primary N) is 2. The fraction of sp³-hybridized carbons (Fsp3) is 0.547. The summed E-state index contributed by atoms with van der Waals surface area (Å²) in [5.41, 5.74) is 14.7. The number of urea groups is 1. The predicted molar refractivity (Wildman–Crippen MR) is 403 cm³/mol. The summed E-state index contributed by atoms with van der Waals surface area (Å²) in [6.07, 6.45) is 22.5. The number of nitrogens with one attached hydrogen (secondary N) is 9. The highest BCUT2D eigenvalue weighted by Gasteiger charge is 2.24. The number of nitrogens with zero attached hydrogens (tertiary/aromatic N) is 6. The van der Waals surface area contributed by atoms with E-state index in [1.165, 1.54) is 6.20 Å². The molecule has 106 heavy (non-hydrogen) atoms. The van der Waals surface area contributed by atoms with Gasteiger partial charge in [0.1, 0.15) is 5.78 Å². The second-order valence-electron chi connectivity index (χ2n) is 25.6. The van der Waals surface area contributed by atoms with Gasteiger partial charge in [-0.2, -0.15) is 9.97 Å². The summed E-state index contributed by atoms with van der Waals surface area (Å²) >= 11 is 0. The highest BCUT2D eigenvalue weighted by molar-refractivity contribution is 5.96. The van der Waals surface area contributed by atoms with Crippen LogP contribution in [0.4, 0.5) is 22.4 Å². The van der Waals surface area contributed by atoms with E-state index < -0.39 is 17.2 Å². The molecule has 31 nitrogen and oxygen atoms in total. The van der Waals surface area contributed by atoms with Crippen LogP contribution in [0.1, 0.15) is 192 Å². The number of aromatic amines is 2. The van der Waals surface area contributed by atoms with Gasteiger partial charge in [-0.25, -0.2) is 24.7 Å². The van der Waals surface area contributed by atoms with Gasteiger partial charge in [0, 0.05) is 108 Å². The maximum atomic E-state index is 13.5. The Morgan fingerprint density at radius 2 is 1.00 bits per heavy atom. The minimum absolute atomic E-state index is 0.00709. The van der Waals surface area contributed by atoms with Crippen LogP contribution < -0.4 is 59.8 Å². The molecule has 6 aromatic rings. The van der Waals surface area contributed by atoms with Crippen LogP contribution in [0.5, 0.6) is 0 Å². The first-order valence-electron chi connectivity index (χ1n) is 37.1. The molecule has 0 aliphatic rings. The lowest BCUT2D eigenvalue weighted by atomic mass is 9.99. The Bertz CT molecular complexity index is 3850. The molecule has 1 unspecified atom stereocenters. The second-order valence-corrected chi connectivity index (χ2v) is 25.6. The zero-order chi connectivity index (χ0) is 75.8. The molecule has 1 atom stereocenters. The number of H-pyrrole nitrogens is 2. The Kier molecular flexibility index (Phi) is 40.4. The molecule has 0 aliphatic carbocycles. The van der Waals surface area contributed by atoms with E-state index in [0.717, 1.165) is 75.5 Å². The lowest BCUT2D eigenvalue weighted by Crippen LogP contribution is -2.42. The summed E-state index contributed by atoms with van der Waals surface area (Å²) < 4.78 is 22.6. The quantitative estimate of drug-likeness (QED) is 0.0108. The van der Waals surface area contributed by atoms with Crippen LogP contribution in [0.2, 0.25) is 0 Å². The number of carbonyl (C=O) groups excluding carboxylic acids is 8. The van der Waals surface area contributed by atoms with Crippen LogP contribution in [0.3, 0.4) is 0 Å². The van der Waals surface area contributed by atoms with E-state index in [4.69, 9.17) is 30.4 Å². The maximum absolute atomic E-state index is 13.5. The molecule has 0 fully saturated rings. The first-order valence-corrected chi connectivity index (χ1v) is 37.1. The van der Waals surface area contributed by atoms with Gasteiger partial charge in [-0.3, -0.25) is 53.1 Å². The van der Waals surface area contributed by atoms with Crippen molar-refractivity contribution < 1.29 is 57.3 Å². The molecule has 0 saturated carbocycles. The summed E-state index contributed by atoms with van der Waals surface area (Å²) in [6.45, 7) is 6.79. The molecule has 0 saturated heterocycles. The summed E-state index contributed by atoms with van der Waals surface area (Å²) in [6, 6.07) is 13.1. The molecule has 0 radical (unpaired) electrons. The molecule has 4 aromatic heterocycles. The van der Waals surface area contributed by atoms with Crippen LogP contribution in [-0.2, 0) is 62.3 Å². The van der Waals surface area contributed by atoms with E-state index in [9.17, 15) is 47.9 Å². The number of amides is 6. The largest absolute Gasteiger partial charge is 0.379 e. The van der Waals surface area contributed by atoms with E-state index in [1.54, 1.807) is 42.6 Å². The molecule has 0 spiro atoms. The first kappa shape index (κ1) is 85.0. The number of carbonyl (C=O) groups is 8. The standard InChI is InChI=1S/C75H107N17O14/c1-2-3-15-36-81-75(102)82-37-16-11-9-7-5-4-6-8-10-12-24-65(98)88-60(62(95)22-19-42-104-46-48-105-43-39-78-63(96)23-14-13-21-61(94)54-29-26-53(27-30-54)28-33-57-50-84-68-66(86-57)71(100)91-73(76)89-68)49-59(93)20-18-41-103-45-47-106-44-40-79-64(97)25-17-38-80-70(99)55-31-34-56(35-32-55)83-51-58-52-85-69-67(87-58)72(101)92-74(77)90-69/h5,7,26-27,29-32,34-35,50,52,60,83H,2-4,6,8-25,28,33,36-49,51H2,1H3,(H,78,96)(H,79,97)(H,80,99)(H,88,98)(H2,81,82,102)(H3,76,84,89,91,100)(H3,77,85,90,92,101)/b7-5-. The fourth-order valence-electron chi connectivity index (χ4n) is 10.9. The van der Waals surface area contributed by atoms with Crippen molar-refractivity contribution in [2.45, 2.75) is 180 Å². The number of unbranched alkanes of at least 4 members (excludes halogenated alkanes) is 9. The third-order valence-electron chi connectivity index (χ3n) is 16.8. The second kappa shape index (κ2) is 50.5. The normalized spacial score (nSPS) is 11.6. The SMILES string of the molecule is CCCCCNC(=O)NCCCC/C=C\CCCCCCC(=O)NC(CC(=O)CCCOCCOCCNC(=O)CCCNC(=O)c1ccc(NCc2cnc3nc(N)[nH]c(=O)c3n2)cc1)C(=O)CCCOCCOCCNC(=O)CCCCC(=O)c1ccc(CCc2cnc3nc(N)[nH]c(=O)c3n2)cc1. The lowest BCUT2D eigenvalue weighted by molar-refractivity contribution is -0.130. The fourth-order valence-corrected chi connectivity index (χ4v) is 10.9. The van der Waals surface area contributed by atoms with Crippen molar-refractivity contribution in [3.05, 3.63) is 122 Å². The maximum Gasteiger partial charge on any atom is 0.314 e. The zero-order valence-electron chi connectivity index (χ0n) is 61.1. The van der Waals surface area contributed by atoms with Gasteiger partial charge < -0.3 is 67.6 Å². The highest BCUT2D eigenvalue weighted by Crippen LogP contribution is 2.16. The molecule has 13 N–H and O–H groups in total. The van der Waals surface area contributed by atoms with Gasteiger partial charge in [0.2, 0.25) is 29.6 Å². The number of nitrogen functional groups attached to an aromatic ring is 2. The van der Waals surface area contributed by atoms with E-state index in [-0.39, 0.29) is 186 Å². The summed E-state index contributed by atoms with van der Waals surface area (Å²) in [5, 5.41) is 20.3. The Balaban J connectivity index is 0.773. The summed E-state index contributed by atoms with van der Waals surface area (Å²) in [4.78, 5) is 156. The molecular formula is C75H107N17O14. The van der Waals surface area contributed by atoms with Crippen molar-refractivity contribution in [3.8, 4) is 0 Å². The molecular weight excluding hydrogens is 1360 g/mol. The number of anilines is 3. The van der Waals surface area contributed by atoms with Crippen LogP contribution in [0.15, 0.2) is 82.7 Å². The minimum atomic E-state index is -0.968. The summed E-state index contributed by atoms with van der Waals surface area (Å²) in [7, 11) is 0. The average Bonchev–Trinajstić information content (AvgIpc) is 0.812. The lowest BCUT2D eigenvalue weighted by Gasteiger charge is -2.17. The Morgan fingerprint density at radius 1 is 0.481 bits per heavy atom. The van der Waals surface area contributed by atoms with E-state index in [1.807, 2.05) is 12.1 Å². The smallest absolute Gasteiger partial charge is 0.314 e. The Labute approximate surface area is 617 Å². The number of hydrogen-bond acceptors (Lipinski definition) is 23. The van der Waals surface area contributed by atoms with Gasteiger partial charge in [0.25, 0.3) is 17.0 Å². The molecule has 576 valence electrons. The number of Topliss-reactive ketones (excluding diaryl/α,β-unsaturated/α-hetero) is 3. The molecule has 4 heterocycles.